The predicted octanol–water partition coefficient (Wildman–Crippen LogP) is 5.80. The molecule has 0 aliphatic carbocycles. The van der Waals surface area contributed by atoms with Crippen LogP contribution >= 0.6 is 12.2 Å². The molecule has 2 atom stereocenters. The first-order valence-corrected chi connectivity index (χ1v) is 11.4. The third-order valence-corrected chi connectivity index (χ3v) is 6.63. The standard InChI is InChI=1S/C27H25FN4S/c1-18-16-21(19(2)32(18)24-14-7-6-12-22(24)28)26-25(23-13-8-9-15-29-23)30-27(33)31(26)17-20-10-4-3-5-11-20/h3-16,25-26H,17H2,1-2H3,(H,30,33)/t25-,26-/m0/s1. The van der Waals surface area contributed by atoms with Gasteiger partial charge in [-0.25, -0.2) is 4.39 Å². The minimum atomic E-state index is -0.242. The molecule has 4 nitrogen and oxygen atoms in total. The summed E-state index contributed by atoms with van der Waals surface area (Å²) < 4.78 is 16.7. The number of rotatable bonds is 5. The van der Waals surface area contributed by atoms with Gasteiger partial charge in [0.05, 0.1) is 23.5 Å². The molecular formula is C27H25FN4S. The largest absolute Gasteiger partial charge is 0.352 e. The number of aromatic nitrogens is 2. The van der Waals surface area contributed by atoms with Gasteiger partial charge in [-0.05, 0) is 67.5 Å². The molecule has 0 spiro atoms. The summed E-state index contributed by atoms with van der Waals surface area (Å²) in [6.07, 6.45) is 1.81. The fourth-order valence-electron chi connectivity index (χ4n) is 4.79. The molecule has 2 aromatic carbocycles. The van der Waals surface area contributed by atoms with Crippen LogP contribution in [0.4, 0.5) is 4.39 Å². The Morgan fingerprint density at radius 1 is 0.970 bits per heavy atom. The van der Waals surface area contributed by atoms with Gasteiger partial charge in [0.15, 0.2) is 5.11 Å². The molecule has 0 saturated carbocycles. The van der Waals surface area contributed by atoms with E-state index < -0.39 is 0 Å². The van der Waals surface area contributed by atoms with E-state index in [1.807, 2.05) is 66.9 Å². The Balaban J connectivity index is 1.63. The van der Waals surface area contributed by atoms with Gasteiger partial charge in [-0.3, -0.25) is 4.98 Å². The van der Waals surface area contributed by atoms with Crippen molar-refractivity contribution in [1.29, 1.82) is 0 Å². The maximum absolute atomic E-state index is 14.7. The molecule has 1 N–H and O–H groups in total. The van der Waals surface area contributed by atoms with E-state index in [0.717, 1.165) is 22.6 Å². The van der Waals surface area contributed by atoms with Crippen molar-refractivity contribution in [1.82, 2.24) is 19.8 Å². The third kappa shape index (κ3) is 3.91. The lowest BCUT2D eigenvalue weighted by Crippen LogP contribution is -2.29. The molecule has 0 unspecified atom stereocenters. The molecule has 6 heteroatoms. The van der Waals surface area contributed by atoms with E-state index in [1.165, 1.54) is 11.6 Å². The molecule has 0 bridgehead atoms. The van der Waals surface area contributed by atoms with E-state index in [1.54, 1.807) is 12.3 Å². The van der Waals surface area contributed by atoms with Crippen molar-refractivity contribution in [2.75, 3.05) is 0 Å². The number of halogens is 1. The van der Waals surface area contributed by atoms with Gasteiger partial charge in [-0.1, -0.05) is 48.5 Å². The van der Waals surface area contributed by atoms with Gasteiger partial charge < -0.3 is 14.8 Å². The molecule has 33 heavy (non-hydrogen) atoms. The summed E-state index contributed by atoms with van der Waals surface area (Å²) in [7, 11) is 0. The van der Waals surface area contributed by atoms with Gasteiger partial charge in [0.25, 0.3) is 0 Å². The zero-order valence-electron chi connectivity index (χ0n) is 18.6. The van der Waals surface area contributed by atoms with Crippen molar-refractivity contribution in [3.8, 4) is 5.69 Å². The Kier molecular flexibility index (Phi) is 5.68. The van der Waals surface area contributed by atoms with E-state index in [9.17, 15) is 4.39 Å². The maximum Gasteiger partial charge on any atom is 0.170 e. The molecule has 2 aromatic heterocycles. The van der Waals surface area contributed by atoms with Gasteiger partial charge >= 0.3 is 0 Å². The minimum Gasteiger partial charge on any atom is -0.352 e. The molecular weight excluding hydrogens is 431 g/mol. The van der Waals surface area contributed by atoms with Crippen LogP contribution in [-0.4, -0.2) is 19.6 Å². The third-order valence-electron chi connectivity index (χ3n) is 6.28. The Labute approximate surface area is 198 Å². The number of benzene rings is 2. The molecule has 1 aliphatic rings. The van der Waals surface area contributed by atoms with E-state index in [0.29, 0.717) is 17.3 Å². The lowest BCUT2D eigenvalue weighted by molar-refractivity contribution is 0.310. The Hall–Kier alpha value is -3.51. The molecule has 1 aliphatic heterocycles. The summed E-state index contributed by atoms with van der Waals surface area (Å²) in [6.45, 7) is 4.73. The van der Waals surface area contributed by atoms with Crippen molar-refractivity contribution >= 4 is 17.3 Å². The Morgan fingerprint density at radius 2 is 1.70 bits per heavy atom. The quantitative estimate of drug-likeness (QED) is 0.385. The van der Waals surface area contributed by atoms with Crippen LogP contribution in [-0.2, 0) is 6.54 Å². The second-order valence-electron chi connectivity index (χ2n) is 8.35. The van der Waals surface area contributed by atoms with Gasteiger partial charge in [0, 0.05) is 24.1 Å². The van der Waals surface area contributed by atoms with Gasteiger partial charge in [0.2, 0.25) is 0 Å². The first-order chi connectivity index (χ1) is 16.0. The highest BCUT2D eigenvalue weighted by Crippen LogP contribution is 2.42. The van der Waals surface area contributed by atoms with Gasteiger partial charge in [0.1, 0.15) is 5.82 Å². The highest BCUT2D eigenvalue weighted by molar-refractivity contribution is 7.80. The van der Waals surface area contributed by atoms with Crippen molar-refractivity contribution in [3.63, 3.8) is 0 Å². The predicted molar refractivity (Wildman–Crippen MR) is 133 cm³/mol. The molecule has 1 fully saturated rings. The van der Waals surface area contributed by atoms with Crippen molar-refractivity contribution in [2.24, 2.45) is 0 Å². The molecule has 0 radical (unpaired) electrons. The fourth-order valence-corrected chi connectivity index (χ4v) is 5.09. The van der Waals surface area contributed by atoms with Gasteiger partial charge in [-0.2, -0.15) is 0 Å². The summed E-state index contributed by atoms with van der Waals surface area (Å²) in [4.78, 5) is 6.85. The highest BCUT2D eigenvalue weighted by atomic mass is 32.1. The first kappa shape index (κ1) is 21.3. The zero-order chi connectivity index (χ0) is 22.9. The summed E-state index contributed by atoms with van der Waals surface area (Å²) in [5.41, 5.74) is 5.73. The number of nitrogens with zero attached hydrogens (tertiary/aromatic N) is 3. The average molecular weight is 457 g/mol. The fraction of sp³-hybridized carbons (Fsp3) is 0.185. The average Bonchev–Trinajstić information content (AvgIpc) is 3.30. The summed E-state index contributed by atoms with van der Waals surface area (Å²) in [6, 6.07) is 25.1. The minimum absolute atomic E-state index is 0.0840. The molecule has 5 rings (SSSR count). The van der Waals surface area contributed by atoms with Crippen molar-refractivity contribution in [2.45, 2.75) is 32.5 Å². The number of thiocarbonyl (C=S) groups is 1. The van der Waals surface area contributed by atoms with E-state index >= 15 is 0 Å². The number of aryl methyl sites for hydroxylation is 1. The number of hydrogen-bond acceptors (Lipinski definition) is 2. The normalized spacial score (nSPS) is 17.9. The number of pyridine rings is 1. The molecule has 3 heterocycles. The topological polar surface area (TPSA) is 33.1 Å². The highest BCUT2D eigenvalue weighted by Gasteiger charge is 2.41. The second-order valence-corrected chi connectivity index (χ2v) is 8.74. The van der Waals surface area contributed by atoms with Crippen LogP contribution in [0.5, 0.6) is 0 Å². The lowest BCUT2D eigenvalue weighted by Gasteiger charge is -2.28. The monoisotopic (exact) mass is 456 g/mol. The zero-order valence-corrected chi connectivity index (χ0v) is 19.4. The lowest BCUT2D eigenvalue weighted by atomic mass is 9.96. The van der Waals surface area contributed by atoms with Crippen LogP contribution in [0.25, 0.3) is 5.69 Å². The molecule has 4 aromatic rings. The van der Waals surface area contributed by atoms with Crippen LogP contribution in [0, 0.1) is 19.7 Å². The van der Waals surface area contributed by atoms with Crippen molar-refractivity contribution in [3.05, 3.63) is 119 Å². The van der Waals surface area contributed by atoms with E-state index in [2.05, 4.69) is 33.4 Å². The van der Waals surface area contributed by atoms with E-state index in [4.69, 9.17) is 12.2 Å². The maximum atomic E-state index is 14.7. The van der Waals surface area contributed by atoms with Crippen LogP contribution in [0.15, 0.2) is 85.1 Å². The molecule has 0 amide bonds. The van der Waals surface area contributed by atoms with Crippen LogP contribution in [0.1, 0.15) is 40.3 Å². The van der Waals surface area contributed by atoms with Gasteiger partial charge in [-0.15, -0.1) is 0 Å². The van der Waals surface area contributed by atoms with E-state index in [-0.39, 0.29) is 17.9 Å². The Morgan fingerprint density at radius 3 is 2.42 bits per heavy atom. The van der Waals surface area contributed by atoms with Crippen LogP contribution < -0.4 is 5.32 Å². The van der Waals surface area contributed by atoms with Crippen molar-refractivity contribution < 1.29 is 4.39 Å². The summed E-state index contributed by atoms with van der Waals surface area (Å²) >= 11 is 5.81. The molecule has 1 saturated heterocycles. The summed E-state index contributed by atoms with van der Waals surface area (Å²) in [5.74, 6) is -0.242. The smallest absolute Gasteiger partial charge is 0.170 e. The molecule has 166 valence electrons. The second kappa shape index (κ2) is 8.79. The first-order valence-electron chi connectivity index (χ1n) is 11.0. The SMILES string of the molecule is Cc1cc([C@H]2[C@H](c3ccccn3)NC(=S)N2Cc2ccccc2)c(C)n1-c1ccccc1F. The summed E-state index contributed by atoms with van der Waals surface area (Å²) in [5, 5.41) is 4.20. The Bertz CT molecular complexity index is 1290. The van der Waals surface area contributed by atoms with Crippen LogP contribution in [0.3, 0.4) is 0 Å². The number of para-hydroxylation sites is 1. The number of hydrogen-bond donors (Lipinski definition) is 1. The van der Waals surface area contributed by atoms with Crippen LogP contribution in [0.2, 0.25) is 0 Å². The number of nitrogens with one attached hydrogen (secondary N) is 1.